The summed E-state index contributed by atoms with van der Waals surface area (Å²) in [7, 11) is 0. The largest absolute Gasteiger partial charge is 0.373 e. The molecule has 93 valence electrons. The molecule has 0 spiro atoms. The minimum absolute atomic E-state index is 0.0761. The molecule has 0 saturated carbocycles. The number of rotatable bonds is 3. The first-order chi connectivity index (χ1) is 7.80. The predicted octanol–water partition coefficient (Wildman–Crippen LogP) is 3.64. The Labute approximate surface area is 103 Å². The zero-order valence-corrected chi connectivity index (χ0v) is 11.0. The molecule has 0 unspecified atom stereocenters. The Hall–Kier alpha value is -1.35. The highest BCUT2D eigenvalue weighted by Crippen LogP contribution is 2.22. The van der Waals surface area contributed by atoms with Crippen LogP contribution in [0.2, 0.25) is 0 Å². The highest BCUT2D eigenvalue weighted by atomic mass is 17.2. The molecule has 3 nitrogen and oxygen atoms in total. The summed E-state index contributed by atoms with van der Waals surface area (Å²) >= 11 is 0. The summed E-state index contributed by atoms with van der Waals surface area (Å²) in [5.74, 6) is -0.480. The van der Waals surface area contributed by atoms with Gasteiger partial charge in [-0.1, -0.05) is 32.9 Å². The van der Waals surface area contributed by atoms with Crippen LogP contribution in [0.3, 0.4) is 0 Å². The molecule has 0 saturated heterocycles. The van der Waals surface area contributed by atoms with Crippen LogP contribution >= 0.6 is 0 Å². The highest BCUT2D eigenvalue weighted by Gasteiger charge is 2.15. The molecular weight excluding hydrogens is 216 g/mol. The molecule has 0 fully saturated rings. The van der Waals surface area contributed by atoms with E-state index in [4.69, 9.17) is 4.89 Å². The van der Waals surface area contributed by atoms with Crippen LogP contribution in [-0.4, -0.2) is 5.97 Å². The topological polar surface area (TPSA) is 35.5 Å². The van der Waals surface area contributed by atoms with Gasteiger partial charge in [-0.05, 0) is 37.0 Å². The van der Waals surface area contributed by atoms with Crippen LogP contribution in [-0.2, 0) is 15.2 Å². The van der Waals surface area contributed by atoms with Crippen molar-refractivity contribution < 1.29 is 14.6 Å². The molecule has 0 heterocycles. The summed E-state index contributed by atoms with van der Waals surface area (Å²) < 4.78 is 0. The van der Waals surface area contributed by atoms with E-state index in [0.29, 0.717) is 11.7 Å². The maximum Gasteiger partial charge on any atom is 0.373 e. The van der Waals surface area contributed by atoms with E-state index in [1.54, 1.807) is 26.0 Å². The number of hydrogen-bond acceptors (Lipinski definition) is 3. The standard InChI is InChI=1S/C14H19O3/c1-10(2)16-17-13(15)11-6-8-12(9-7-11)14(3,4)5/h6-9H,1-5H3. The Kier molecular flexibility index (Phi) is 4.29. The Morgan fingerprint density at radius 2 is 1.53 bits per heavy atom. The summed E-state index contributed by atoms with van der Waals surface area (Å²) in [6.07, 6.45) is 0.588. The van der Waals surface area contributed by atoms with Gasteiger partial charge in [-0.2, -0.15) is 4.89 Å². The van der Waals surface area contributed by atoms with Crippen molar-refractivity contribution in [1.82, 2.24) is 0 Å². The minimum Gasteiger partial charge on any atom is -0.292 e. The van der Waals surface area contributed by atoms with Gasteiger partial charge in [0.2, 0.25) is 0 Å². The van der Waals surface area contributed by atoms with Crippen LogP contribution in [0, 0.1) is 6.10 Å². The van der Waals surface area contributed by atoms with Crippen LogP contribution in [0.5, 0.6) is 0 Å². The Balaban J connectivity index is 2.71. The average Bonchev–Trinajstić information content (AvgIpc) is 2.25. The van der Waals surface area contributed by atoms with E-state index in [2.05, 4.69) is 25.7 Å². The first kappa shape index (κ1) is 13.7. The maximum absolute atomic E-state index is 11.5. The van der Waals surface area contributed by atoms with Gasteiger partial charge < -0.3 is 0 Å². The van der Waals surface area contributed by atoms with E-state index in [1.807, 2.05) is 12.1 Å². The molecule has 3 heteroatoms. The van der Waals surface area contributed by atoms with Crippen molar-refractivity contribution in [2.45, 2.75) is 40.0 Å². The lowest BCUT2D eigenvalue weighted by atomic mass is 9.87. The van der Waals surface area contributed by atoms with Crippen molar-refractivity contribution in [2.24, 2.45) is 0 Å². The van der Waals surface area contributed by atoms with Gasteiger partial charge >= 0.3 is 5.97 Å². The SMILES string of the molecule is C[C](C)OOC(=O)c1ccc(C(C)(C)C)cc1. The lowest BCUT2D eigenvalue weighted by Crippen LogP contribution is -2.12. The van der Waals surface area contributed by atoms with Crippen LogP contribution in [0.25, 0.3) is 0 Å². The summed E-state index contributed by atoms with van der Waals surface area (Å²) in [6, 6.07) is 7.35. The average molecular weight is 235 g/mol. The van der Waals surface area contributed by atoms with Crippen LogP contribution in [0.4, 0.5) is 0 Å². The van der Waals surface area contributed by atoms with E-state index >= 15 is 0 Å². The Bertz CT molecular complexity index is 371. The Morgan fingerprint density at radius 3 is 1.94 bits per heavy atom. The lowest BCUT2D eigenvalue weighted by Gasteiger charge is -2.18. The molecule has 0 atom stereocenters. The van der Waals surface area contributed by atoms with Gasteiger partial charge in [-0.15, -0.1) is 0 Å². The highest BCUT2D eigenvalue weighted by molar-refractivity contribution is 5.89. The van der Waals surface area contributed by atoms with Gasteiger partial charge in [-0.3, -0.25) is 4.89 Å². The molecule has 1 rings (SSSR count). The van der Waals surface area contributed by atoms with Gasteiger partial charge in [0.1, 0.15) is 6.10 Å². The van der Waals surface area contributed by atoms with Crippen molar-refractivity contribution in [3.05, 3.63) is 41.5 Å². The summed E-state index contributed by atoms with van der Waals surface area (Å²) in [6.45, 7) is 9.81. The van der Waals surface area contributed by atoms with Crippen LogP contribution in [0.15, 0.2) is 24.3 Å². The normalized spacial score (nSPS) is 11.6. The maximum atomic E-state index is 11.5. The molecule has 0 aromatic heterocycles. The third-order valence-corrected chi connectivity index (χ3v) is 2.27. The van der Waals surface area contributed by atoms with Gasteiger partial charge in [0, 0.05) is 0 Å². The first-order valence-corrected chi connectivity index (χ1v) is 5.60. The summed E-state index contributed by atoms with van der Waals surface area (Å²) in [5, 5.41) is 0. The smallest absolute Gasteiger partial charge is 0.292 e. The number of carbonyl (C=O) groups excluding carboxylic acids is 1. The molecule has 1 radical (unpaired) electrons. The molecule has 0 amide bonds. The summed E-state index contributed by atoms with van der Waals surface area (Å²) in [5.41, 5.74) is 1.74. The van der Waals surface area contributed by atoms with Crippen molar-refractivity contribution in [1.29, 1.82) is 0 Å². The molecular formula is C14H19O3. The quantitative estimate of drug-likeness (QED) is 0.592. The van der Waals surface area contributed by atoms with E-state index in [1.165, 1.54) is 5.56 Å². The molecule has 0 N–H and O–H groups in total. The molecule has 1 aromatic rings. The van der Waals surface area contributed by atoms with E-state index in [-0.39, 0.29) is 5.41 Å². The van der Waals surface area contributed by atoms with Crippen molar-refractivity contribution in [2.75, 3.05) is 0 Å². The summed E-state index contributed by atoms with van der Waals surface area (Å²) in [4.78, 5) is 20.9. The van der Waals surface area contributed by atoms with Crippen molar-refractivity contribution >= 4 is 5.97 Å². The monoisotopic (exact) mass is 235 g/mol. The number of benzene rings is 1. The second-order valence-electron chi connectivity index (χ2n) is 5.19. The fourth-order valence-electron chi connectivity index (χ4n) is 1.28. The van der Waals surface area contributed by atoms with Gasteiger partial charge in [-0.25, -0.2) is 4.79 Å². The molecule has 1 aromatic carbocycles. The van der Waals surface area contributed by atoms with Crippen LogP contribution < -0.4 is 0 Å². The number of carbonyl (C=O) groups is 1. The van der Waals surface area contributed by atoms with Crippen LogP contribution in [0.1, 0.15) is 50.5 Å². The molecule has 17 heavy (non-hydrogen) atoms. The zero-order valence-electron chi connectivity index (χ0n) is 11.0. The fourth-order valence-corrected chi connectivity index (χ4v) is 1.28. The van der Waals surface area contributed by atoms with E-state index in [9.17, 15) is 4.79 Å². The van der Waals surface area contributed by atoms with Gasteiger partial charge in [0.05, 0.1) is 5.56 Å². The second kappa shape index (κ2) is 5.32. The van der Waals surface area contributed by atoms with Gasteiger partial charge in [0.15, 0.2) is 0 Å². The number of hydrogen-bond donors (Lipinski definition) is 0. The van der Waals surface area contributed by atoms with Gasteiger partial charge in [0.25, 0.3) is 0 Å². The lowest BCUT2D eigenvalue weighted by molar-refractivity contribution is -0.229. The molecule has 0 bridgehead atoms. The van der Waals surface area contributed by atoms with Crippen molar-refractivity contribution in [3.63, 3.8) is 0 Å². The molecule has 0 aliphatic rings. The second-order valence-corrected chi connectivity index (χ2v) is 5.19. The molecule has 0 aliphatic carbocycles. The fraction of sp³-hybridized carbons (Fsp3) is 0.429. The van der Waals surface area contributed by atoms with Crippen molar-refractivity contribution in [3.8, 4) is 0 Å². The zero-order chi connectivity index (χ0) is 13.1. The third-order valence-electron chi connectivity index (χ3n) is 2.27. The van der Waals surface area contributed by atoms with E-state index < -0.39 is 5.97 Å². The van der Waals surface area contributed by atoms with E-state index in [0.717, 1.165) is 0 Å². The molecule has 0 aliphatic heterocycles. The predicted molar refractivity (Wildman–Crippen MR) is 66.2 cm³/mol. The Morgan fingerprint density at radius 1 is 1.00 bits per heavy atom. The first-order valence-electron chi connectivity index (χ1n) is 5.60. The third kappa shape index (κ3) is 4.19. The minimum atomic E-state index is -0.480.